The molecule has 24 heavy (non-hydrogen) atoms. The molecule has 5 atom stereocenters. The molecule has 0 aliphatic heterocycles. The zero-order valence-corrected chi connectivity index (χ0v) is 15.3. The summed E-state index contributed by atoms with van der Waals surface area (Å²) in [6, 6.07) is 0. The van der Waals surface area contributed by atoms with E-state index in [1.807, 2.05) is 0 Å². The first kappa shape index (κ1) is 17.9. The molecule has 0 spiro atoms. The minimum Gasteiger partial charge on any atom is -0.393 e. The van der Waals surface area contributed by atoms with Crippen LogP contribution in [0.25, 0.3) is 0 Å². The van der Waals surface area contributed by atoms with Gasteiger partial charge in [-0.2, -0.15) is 0 Å². The van der Waals surface area contributed by atoms with Crippen molar-refractivity contribution >= 4 is 0 Å². The Morgan fingerprint density at radius 3 is 2.71 bits per heavy atom. The van der Waals surface area contributed by atoms with Gasteiger partial charge in [-0.05, 0) is 75.9 Å². The van der Waals surface area contributed by atoms with Crippen molar-refractivity contribution in [3.05, 3.63) is 34.9 Å². The fourth-order valence-electron chi connectivity index (χ4n) is 5.23. The SMILES string of the molecule is CC1=C(/C=C/C2=CCC[C@@]3(C)[C@H]2CC[C@]3(O)[C@@H](C)O)C[C@@H](O)CC1. The van der Waals surface area contributed by atoms with Gasteiger partial charge in [0.15, 0.2) is 0 Å². The fraction of sp³-hybridized carbons (Fsp3) is 0.714. The molecule has 3 N–H and O–H groups in total. The summed E-state index contributed by atoms with van der Waals surface area (Å²) in [6.45, 7) is 6.03. The van der Waals surface area contributed by atoms with E-state index in [1.54, 1.807) is 6.92 Å². The smallest absolute Gasteiger partial charge is 0.0961 e. The van der Waals surface area contributed by atoms with Crippen molar-refractivity contribution < 1.29 is 15.3 Å². The lowest BCUT2D eigenvalue weighted by Gasteiger charge is -2.47. The van der Waals surface area contributed by atoms with E-state index in [9.17, 15) is 15.3 Å². The van der Waals surface area contributed by atoms with E-state index in [2.05, 4.69) is 32.1 Å². The molecule has 3 nitrogen and oxygen atoms in total. The van der Waals surface area contributed by atoms with Gasteiger partial charge in [-0.3, -0.25) is 0 Å². The Morgan fingerprint density at radius 1 is 1.25 bits per heavy atom. The second-order valence-corrected chi connectivity index (χ2v) is 8.39. The van der Waals surface area contributed by atoms with Gasteiger partial charge in [0, 0.05) is 5.41 Å². The van der Waals surface area contributed by atoms with Gasteiger partial charge < -0.3 is 15.3 Å². The maximum Gasteiger partial charge on any atom is 0.0961 e. The van der Waals surface area contributed by atoms with Gasteiger partial charge in [0.05, 0.1) is 17.8 Å². The average Bonchev–Trinajstić information content (AvgIpc) is 2.82. The summed E-state index contributed by atoms with van der Waals surface area (Å²) in [5.41, 5.74) is 2.68. The number of aliphatic hydroxyl groups is 3. The monoisotopic (exact) mass is 332 g/mol. The third kappa shape index (κ3) is 2.81. The van der Waals surface area contributed by atoms with Crippen molar-refractivity contribution in [2.24, 2.45) is 11.3 Å². The lowest BCUT2D eigenvalue weighted by atomic mass is 9.62. The van der Waals surface area contributed by atoms with E-state index in [0.717, 1.165) is 38.5 Å². The number of aliphatic hydroxyl groups excluding tert-OH is 2. The van der Waals surface area contributed by atoms with Crippen molar-refractivity contribution in [3.63, 3.8) is 0 Å². The van der Waals surface area contributed by atoms with E-state index in [4.69, 9.17) is 0 Å². The maximum absolute atomic E-state index is 11.1. The van der Waals surface area contributed by atoms with Crippen LogP contribution in [0.5, 0.6) is 0 Å². The summed E-state index contributed by atoms with van der Waals surface area (Å²) in [7, 11) is 0. The van der Waals surface area contributed by atoms with Crippen molar-refractivity contribution in [2.75, 3.05) is 0 Å². The highest BCUT2D eigenvalue weighted by atomic mass is 16.3. The molecule has 0 radical (unpaired) electrons. The third-order valence-corrected chi connectivity index (χ3v) is 7.04. The van der Waals surface area contributed by atoms with Gasteiger partial charge in [0.1, 0.15) is 0 Å². The molecule has 0 aromatic rings. The Labute approximate surface area is 145 Å². The molecular weight excluding hydrogens is 300 g/mol. The molecule has 1 fully saturated rings. The Balaban J connectivity index is 1.83. The highest BCUT2D eigenvalue weighted by molar-refractivity contribution is 5.37. The lowest BCUT2D eigenvalue weighted by molar-refractivity contribution is -0.141. The van der Waals surface area contributed by atoms with Crippen LogP contribution in [-0.2, 0) is 0 Å². The predicted molar refractivity (Wildman–Crippen MR) is 96.5 cm³/mol. The number of hydrogen-bond acceptors (Lipinski definition) is 3. The molecule has 0 aromatic heterocycles. The van der Waals surface area contributed by atoms with Crippen LogP contribution in [0.3, 0.4) is 0 Å². The number of rotatable bonds is 3. The van der Waals surface area contributed by atoms with Gasteiger partial charge in [-0.15, -0.1) is 0 Å². The maximum atomic E-state index is 11.1. The summed E-state index contributed by atoms with van der Waals surface area (Å²) < 4.78 is 0. The second-order valence-electron chi connectivity index (χ2n) is 8.39. The van der Waals surface area contributed by atoms with E-state index >= 15 is 0 Å². The minimum absolute atomic E-state index is 0.217. The molecular formula is C21H32O3. The van der Waals surface area contributed by atoms with Gasteiger partial charge >= 0.3 is 0 Å². The Kier molecular flexibility index (Phi) is 4.80. The molecule has 0 aromatic carbocycles. The zero-order valence-electron chi connectivity index (χ0n) is 15.3. The Hall–Kier alpha value is -0.900. The van der Waals surface area contributed by atoms with E-state index < -0.39 is 11.7 Å². The Bertz CT molecular complexity index is 586. The van der Waals surface area contributed by atoms with Crippen LogP contribution >= 0.6 is 0 Å². The standard InChI is InChI=1S/C21H32O3/c1-14-6-9-18(23)13-17(14)8-7-16-5-4-11-20(3)19(16)10-12-21(20,24)15(2)22/h5,7-8,15,18-19,22-24H,4,6,9-13H2,1-3H3/b8-7+/t15-,18+,19+,20+,21+/m1/s1. The summed E-state index contributed by atoms with van der Waals surface area (Å²) in [5, 5.41) is 31.2. The molecule has 3 heteroatoms. The molecule has 0 saturated heterocycles. The third-order valence-electron chi connectivity index (χ3n) is 7.04. The molecule has 0 unspecified atom stereocenters. The van der Waals surface area contributed by atoms with Gasteiger partial charge in [-0.1, -0.05) is 30.7 Å². The highest BCUT2D eigenvalue weighted by Gasteiger charge is 2.59. The molecule has 3 aliphatic carbocycles. The first-order valence-electron chi connectivity index (χ1n) is 9.43. The largest absolute Gasteiger partial charge is 0.393 e. The molecule has 0 heterocycles. The van der Waals surface area contributed by atoms with Crippen LogP contribution in [0.15, 0.2) is 34.9 Å². The van der Waals surface area contributed by atoms with Crippen molar-refractivity contribution in [1.82, 2.24) is 0 Å². The van der Waals surface area contributed by atoms with E-state index in [1.165, 1.54) is 16.7 Å². The van der Waals surface area contributed by atoms with E-state index in [0.29, 0.717) is 12.3 Å². The molecule has 134 valence electrons. The molecule has 0 bridgehead atoms. The van der Waals surface area contributed by atoms with Crippen LogP contribution in [0.4, 0.5) is 0 Å². The summed E-state index contributed by atoms with van der Waals surface area (Å²) >= 11 is 0. The Morgan fingerprint density at radius 2 is 2.00 bits per heavy atom. The number of fused-ring (bicyclic) bond motifs is 1. The molecule has 3 rings (SSSR count). The van der Waals surface area contributed by atoms with Crippen LogP contribution in [0.1, 0.15) is 65.7 Å². The zero-order chi connectivity index (χ0) is 17.5. The first-order chi connectivity index (χ1) is 11.3. The van der Waals surface area contributed by atoms with Gasteiger partial charge in [-0.25, -0.2) is 0 Å². The molecule has 0 amide bonds. The number of allylic oxidation sites excluding steroid dienone is 5. The van der Waals surface area contributed by atoms with Crippen molar-refractivity contribution in [3.8, 4) is 0 Å². The van der Waals surface area contributed by atoms with Gasteiger partial charge in [0.2, 0.25) is 0 Å². The van der Waals surface area contributed by atoms with Crippen LogP contribution in [0, 0.1) is 11.3 Å². The number of hydrogen-bond donors (Lipinski definition) is 3. The van der Waals surface area contributed by atoms with Crippen molar-refractivity contribution in [1.29, 1.82) is 0 Å². The topological polar surface area (TPSA) is 60.7 Å². The normalized spacial score (nSPS) is 41.5. The first-order valence-corrected chi connectivity index (χ1v) is 9.43. The highest BCUT2D eigenvalue weighted by Crippen LogP contribution is 2.59. The summed E-state index contributed by atoms with van der Waals surface area (Å²) in [5.74, 6) is 0.302. The predicted octanol–water partition coefficient (Wildman–Crippen LogP) is 3.65. The van der Waals surface area contributed by atoms with E-state index in [-0.39, 0.29) is 11.5 Å². The fourth-order valence-corrected chi connectivity index (χ4v) is 5.23. The van der Waals surface area contributed by atoms with Crippen molar-refractivity contribution in [2.45, 2.75) is 83.5 Å². The minimum atomic E-state index is -0.985. The summed E-state index contributed by atoms with van der Waals surface area (Å²) in [6.07, 6.45) is 11.8. The lowest BCUT2D eigenvalue weighted by Crippen LogP contribution is -2.53. The van der Waals surface area contributed by atoms with Gasteiger partial charge in [0.25, 0.3) is 0 Å². The average molecular weight is 332 g/mol. The quantitative estimate of drug-likeness (QED) is 0.739. The second kappa shape index (κ2) is 6.44. The van der Waals surface area contributed by atoms with Crippen LogP contribution < -0.4 is 0 Å². The summed E-state index contributed by atoms with van der Waals surface area (Å²) in [4.78, 5) is 0. The van der Waals surface area contributed by atoms with Crippen LogP contribution in [0.2, 0.25) is 0 Å². The van der Waals surface area contributed by atoms with Crippen LogP contribution in [-0.4, -0.2) is 33.1 Å². The molecule has 3 aliphatic rings. The molecule has 1 saturated carbocycles.